The zero-order valence-corrected chi connectivity index (χ0v) is 14.1. The first kappa shape index (κ1) is 20.6. The van der Waals surface area contributed by atoms with Gasteiger partial charge in [0, 0.05) is 50.3 Å². The van der Waals surface area contributed by atoms with E-state index in [0.717, 1.165) is 12.1 Å². The Bertz CT molecular complexity index is 585. The third kappa shape index (κ3) is 6.24. The predicted molar refractivity (Wildman–Crippen MR) is 82.1 cm³/mol. The van der Waals surface area contributed by atoms with E-state index in [9.17, 15) is 26.3 Å². The van der Waals surface area contributed by atoms with Gasteiger partial charge in [-0.2, -0.15) is 13.2 Å². The Balaban J connectivity index is 2.29. The zero-order valence-electron chi connectivity index (χ0n) is 14.1. The lowest BCUT2D eigenvalue weighted by atomic mass is 9.98. The molecule has 10 heteroatoms. The molecule has 0 aliphatic carbocycles. The van der Waals surface area contributed by atoms with E-state index in [0.29, 0.717) is 31.7 Å². The van der Waals surface area contributed by atoms with Gasteiger partial charge in [-0.1, -0.05) is 6.07 Å². The third-order valence-electron chi connectivity index (χ3n) is 4.09. The van der Waals surface area contributed by atoms with Gasteiger partial charge in [0.2, 0.25) is 0 Å². The highest BCUT2D eigenvalue weighted by atomic mass is 19.4. The van der Waals surface area contributed by atoms with Crippen LogP contribution >= 0.6 is 0 Å². The van der Waals surface area contributed by atoms with Crippen LogP contribution in [-0.2, 0) is 0 Å². The molecule has 0 unspecified atom stereocenters. The number of benzene rings is 1. The molecule has 4 nitrogen and oxygen atoms in total. The number of piperazine rings is 1. The molecule has 1 heterocycles. The summed E-state index contributed by atoms with van der Waals surface area (Å²) < 4.78 is 84.3. The van der Waals surface area contributed by atoms with Crippen LogP contribution in [0.4, 0.5) is 26.3 Å². The van der Waals surface area contributed by atoms with Crippen LogP contribution in [0.15, 0.2) is 18.2 Å². The molecule has 1 aromatic rings. The van der Waals surface area contributed by atoms with Crippen molar-refractivity contribution in [2.75, 3.05) is 33.3 Å². The number of halogens is 6. The maximum atomic E-state index is 12.7. The Morgan fingerprint density at radius 2 is 1.77 bits per heavy atom. The van der Waals surface area contributed by atoms with Crippen molar-refractivity contribution in [2.45, 2.75) is 31.4 Å². The summed E-state index contributed by atoms with van der Waals surface area (Å²) in [4.78, 5) is 1.88. The van der Waals surface area contributed by atoms with Crippen LogP contribution in [0.1, 0.15) is 24.4 Å². The maximum Gasteiger partial charge on any atom is 0.573 e. The number of hydrogen-bond donors (Lipinski definition) is 1. The van der Waals surface area contributed by atoms with Crippen molar-refractivity contribution < 1.29 is 35.8 Å². The first-order valence-corrected chi connectivity index (χ1v) is 8.04. The summed E-state index contributed by atoms with van der Waals surface area (Å²) in [5.74, 6) is -0.412. The second-order valence-corrected chi connectivity index (χ2v) is 5.91. The van der Waals surface area contributed by atoms with Crippen molar-refractivity contribution in [1.29, 1.82) is 0 Å². The molecule has 1 N–H and O–H groups in total. The Morgan fingerprint density at radius 1 is 1.12 bits per heavy atom. The smallest absolute Gasteiger partial charge is 0.496 e. The first-order chi connectivity index (χ1) is 12.1. The van der Waals surface area contributed by atoms with Crippen molar-refractivity contribution in [2.24, 2.45) is 0 Å². The highest BCUT2D eigenvalue weighted by molar-refractivity contribution is 5.42. The van der Waals surface area contributed by atoms with Crippen LogP contribution in [0.5, 0.6) is 11.5 Å². The fourth-order valence-corrected chi connectivity index (χ4v) is 2.99. The van der Waals surface area contributed by atoms with Gasteiger partial charge in [-0.3, -0.25) is 4.90 Å². The quantitative estimate of drug-likeness (QED) is 0.753. The van der Waals surface area contributed by atoms with Crippen molar-refractivity contribution in [3.8, 4) is 11.5 Å². The molecule has 0 spiro atoms. The minimum absolute atomic E-state index is 0.0671. The van der Waals surface area contributed by atoms with Gasteiger partial charge >= 0.3 is 12.5 Å². The van der Waals surface area contributed by atoms with Gasteiger partial charge in [-0.15, -0.1) is 13.2 Å². The van der Waals surface area contributed by atoms with E-state index < -0.39 is 30.8 Å². The molecule has 1 aromatic carbocycles. The summed E-state index contributed by atoms with van der Waals surface area (Å²) in [5.41, 5.74) is 0.410. The fourth-order valence-electron chi connectivity index (χ4n) is 2.99. The summed E-state index contributed by atoms with van der Waals surface area (Å²) >= 11 is 0. The molecule has 148 valence electrons. The van der Waals surface area contributed by atoms with Gasteiger partial charge in [-0.25, -0.2) is 0 Å². The molecule has 0 saturated carbocycles. The maximum absolute atomic E-state index is 12.7. The summed E-state index contributed by atoms with van der Waals surface area (Å²) in [7, 11) is 1.26. The molecule has 26 heavy (non-hydrogen) atoms. The second kappa shape index (κ2) is 8.34. The van der Waals surface area contributed by atoms with E-state index >= 15 is 0 Å². The summed E-state index contributed by atoms with van der Waals surface area (Å²) in [5, 5.41) is 3.12. The molecule has 1 aliphatic heterocycles. The Labute approximate surface area is 147 Å². The van der Waals surface area contributed by atoms with Gasteiger partial charge < -0.3 is 14.8 Å². The van der Waals surface area contributed by atoms with E-state index in [1.54, 1.807) is 0 Å². The third-order valence-corrected chi connectivity index (χ3v) is 4.09. The number of nitrogens with zero attached hydrogens (tertiary/aromatic N) is 1. The van der Waals surface area contributed by atoms with Crippen molar-refractivity contribution in [3.05, 3.63) is 23.8 Å². The molecule has 0 aromatic heterocycles. The largest absolute Gasteiger partial charge is 0.573 e. The molecule has 1 aliphatic rings. The van der Waals surface area contributed by atoms with E-state index in [4.69, 9.17) is 4.74 Å². The lowest BCUT2D eigenvalue weighted by Crippen LogP contribution is -2.45. The molecule has 1 fully saturated rings. The van der Waals surface area contributed by atoms with Gasteiger partial charge in [0.15, 0.2) is 0 Å². The highest BCUT2D eigenvalue weighted by Gasteiger charge is 2.34. The molecule has 1 atom stereocenters. The fraction of sp³-hybridized carbons (Fsp3) is 0.625. The molecule has 0 amide bonds. The average Bonchev–Trinajstić information content (AvgIpc) is 2.54. The number of hydrogen-bond acceptors (Lipinski definition) is 4. The lowest BCUT2D eigenvalue weighted by molar-refractivity contribution is -0.274. The summed E-state index contributed by atoms with van der Waals surface area (Å²) in [6.45, 7) is 2.32. The van der Waals surface area contributed by atoms with Crippen LogP contribution in [-0.4, -0.2) is 50.7 Å². The monoisotopic (exact) mass is 386 g/mol. The standard InChI is InChI=1S/C16H20F6N2O2/c1-25-14-10-11(26-16(20,21)22)2-3-12(14)13(4-5-15(17,18)19)24-8-6-23-7-9-24/h2-3,10,13,23H,4-9H2,1H3/t13-/m1/s1. The Hall–Kier alpha value is -1.68. The molecule has 0 bridgehead atoms. The van der Waals surface area contributed by atoms with Gasteiger partial charge in [0.25, 0.3) is 0 Å². The minimum Gasteiger partial charge on any atom is -0.496 e. The van der Waals surface area contributed by atoms with E-state index in [1.807, 2.05) is 4.90 Å². The van der Waals surface area contributed by atoms with Gasteiger partial charge in [0.05, 0.1) is 7.11 Å². The number of rotatable bonds is 6. The number of methoxy groups -OCH3 is 1. The molecule has 0 radical (unpaired) electrons. The van der Waals surface area contributed by atoms with Crippen molar-refractivity contribution in [1.82, 2.24) is 10.2 Å². The van der Waals surface area contributed by atoms with Gasteiger partial charge in [-0.05, 0) is 12.5 Å². The van der Waals surface area contributed by atoms with Crippen LogP contribution < -0.4 is 14.8 Å². The van der Waals surface area contributed by atoms with E-state index in [1.165, 1.54) is 13.2 Å². The lowest BCUT2D eigenvalue weighted by Gasteiger charge is -2.36. The average molecular weight is 386 g/mol. The molecule has 2 rings (SSSR count). The molecular formula is C16H20F6N2O2. The predicted octanol–water partition coefficient (Wildman–Crippen LogP) is 3.88. The van der Waals surface area contributed by atoms with Gasteiger partial charge in [0.1, 0.15) is 11.5 Å². The number of alkyl halides is 6. The Kier molecular flexibility index (Phi) is 6.62. The number of nitrogens with one attached hydrogen (secondary N) is 1. The summed E-state index contributed by atoms with van der Waals surface area (Å²) in [6, 6.07) is 2.86. The van der Waals surface area contributed by atoms with Crippen LogP contribution in [0.25, 0.3) is 0 Å². The zero-order chi connectivity index (χ0) is 19.4. The topological polar surface area (TPSA) is 33.7 Å². The van der Waals surface area contributed by atoms with Crippen LogP contribution in [0, 0.1) is 0 Å². The summed E-state index contributed by atoms with van der Waals surface area (Å²) in [6.07, 6.45) is -10.4. The van der Waals surface area contributed by atoms with Crippen molar-refractivity contribution >= 4 is 0 Å². The minimum atomic E-state index is -4.86. The van der Waals surface area contributed by atoms with E-state index in [-0.39, 0.29) is 12.2 Å². The van der Waals surface area contributed by atoms with E-state index in [2.05, 4.69) is 10.1 Å². The van der Waals surface area contributed by atoms with Crippen molar-refractivity contribution in [3.63, 3.8) is 0 Å². The normalized spacial score (nSPS) is 17.8. The SMILES string of the molecule is COc1cc(OC(F)(F)F)ccc1[C@@H](CCC(F)(F)F)N1CCNCC1. The Morgan fingerprint density at radius 3 is 2.31 bits per heavy atom. The highest BCUT2D eigenvalue weighted by Crippen LogP contribution is 2.38. The second-order valence-electron chi connectivity index (χ2n) is 5.91. The first-order valence-electron chi connectivity index (χ1n) is 8.04. The number of ether oxygens (including phenoxy) is 2. The van der Waals surface area contributed by atoms with Crippen LogP contribution in [0.3, 0.4) is 0 Å². The molecule has 1 saturated heterocycles. The van der Waals surface area contributed by atoms with Crippen LogP contribution in [0.2, 0.25) is 0 Å². The molecular weight excluding hydrogens is 366 g/mol.